The summed E-state index contributed by atoms with van der Waals surface area (Å²) in [6.45, 7) is 4.00. The zero-order valence-corrected chi connectivity index (χ0v) is 21.5. The molecule has 3 aromatic carbocycles. The van der Waals surface area contributed by atoms with E-state index in [4.69, 9.17) is 20.8 Å². The van der Waals surface area contributed by atoms with Crippen LogP contribution in [0.1, 0.15) is 50.6 Å². The number of carbonyl (C=O) groups is 3. The maximum Gasteiger partial charge on any atom is 0.338 e. The number of halogens is 1. The number of aryl methyl sites for hydroxylation is 1. The van der Waals surface area contributed by atoms with Crippen LogP contribution >= 0.6 is 11.6 Å². The van der Waals surface area contributed by atoms with E-state index in [1.165, 1.54) is 4.90 Å². The molecule has 1 unspecified atom stereocenters. The van der Waals surface area contributed by atoms with E-state index in [0.717, 1.165) is 5.56 Å². The van der Waals surface area contributed by atoms with Gasteiger partial charge in [-0.3, -0.25) is 9.59 Å². The molecule has 1 amide bonds. The van der Waals surface area contributed by atoms with Crippen LogP contribution in [-0.4, -0.2) is 34.3 Å². The summed E-state index contributed by atoms with van der Waals surface area (Å²) in [4.78, 5) is 40.5. The molecule has 1 aromatic heterocycles. The highest BCUT2D eigenvalue weighted by molar-refractivity contribution is 6.31. The van der Waals surface area contributed by atoms with Crippen LogP contribution in [0.5, 0.6) is 0 Å². The molecule has 0 aliphatic carbocycles. The Bertz CT molecular complexity index is 1600. The van der Waals surface area contributed by atoms with Gasteiger partial charge in [0.1, 0.15) is 5.58 Å². The lowest BCUT2D eigenvalue weighted by atomic mass is 9.94. The number of furan rings is 1. The zero-order chi connectivity index (χ0) is 27.0. The minimum Gasteiger partial charge on any atom is -0.503 e. The van der Waals surface area contributed by atoms with Gasteiger partial charge in [0.2, 0.25) is 5.78 Å². The van der Waals surface area contributed by atoms with Crippen LogP contribution in [0.3, 0.4) is 0 Å². The number of hydrogen-bond donors (Lipinski definition) is 1. The van der Waals surface area contributed by atoms with Gasteiger partial charge in [-0.05, 0) is 61.4 Å². The Hall–Kier alpha value is -4.36. The topological polar surface area (TPSA) is 97.0 Å². The van der Waals surface area contributed by atoms with E-state index in [-0.39, 0.29) is 24.5 Å². The Morgan fingerprint density at radius 1 is 1.05 bits per heavy atom. The van der Waals surface area contributed by atoms with Crippen LogP contribution in [0, 0.1) is 6.92 Å². The maximum atomic E-state index is 13.7. The van der Waals surface area contributed by atoms with Crippen molar-refractivity contribution in [3.05, 3.63) is 117 Å². The van der Waals surface area contributed by atoms with Gasteiger partial charge in [0.05, 0.1) is 23.8 Å². The molecule has 38 heavy (non-hydrogen) atoms. The molecule has 8 heteroatoms. The number of ketones is 1. The summed E-state index contributed by atoms with van der Waals surface area (Å²) in [7, 11) is 0. The fourth-order valence-corrected chi connectivity index (χ4v) is 4.83. The molecule has 5 rings (SSSR count). The summed E-state index contributed by atoms with van der Waals surface area (Å²) in [6, 6.07) is 19.8. The lowest BCUT2D eigenvalue weighted by molar-refractivity contribution is -0.130. The summed E-state index contributed by atoms with van der Waals surface area (Å²) in [5.41, 5.74) is 3.12. The molecule has 0 radical (unpaired) electrons. The Morgan fingerprint density at radius 2 is 1.82 bits per heavy atom. The van der Waals surface area contributed by atoms with E-state index in [1.54, 1.807) is 55.5 Å². The molecule has 1 aliphatic heterocycles. The molecule has 1 atom stereocenters. The number of fused-ring (bicyclic) bond motifs is 1. The lowest BCUT2D eigenvalue weighted by Crippen LogP contribution is -2.30. The van der Waals surface area contributed by atoms with Gasteiger partial charge in [0, 0.05) is 17.0 Å². The van der Waals surface area contributed by atoms with Gasteiger partial charge in [0.25, 0.3) is 5.91 Å². The summed E-state index contributed by atoms with van der Waals surface area (Å²) < 4.78 is 10.8. The Balaban J connectivity index is 1.53. The average molecular weight is 530 g/mol. The van der Waals surface area contributed by atoms with Crippen molar-refractivity contribution in [1.82, 2.24) is 4.90 Å². The number of ether oxygens (including phenoxy) is 1. The second kappa shape index (κ2) is 10.2. The van der Waals surface area contributed by atoms with Gasteiger partial charge < -0.3 is 19.2 Å². The van der Waals surface area contributed by atoms with Crippen molar-refractivity contribution in [2.24, 2.45) is 0 Å². The van der Waals surface area contributed by atoms with E-state index < -0.39 is 29.5 Å². The summed E-state index contributed by atoms with van der Waals surface area (Å²) >= 11 is 6.08. The molecule has 7 nitrogen and oxygen atoms in total. The molecular weight excluding hydrogens is 506 g/mol. The first-order valence-corrected chi connectivity index (χ1v) is 12.4. The quantitative estimate of drug-likeness (QED) is 0.221. The van der Waals surface area contributed by atoms with Crippen molar-refractivity contribution in [3.8, 4) is 0 Å². The number of hydrogen-bond acceptors (Lipinski definition) is 6. The number of aliphatic hydroxyl groups is 1. The Labute approximate surface area is 223 Å². The van der Waals surface area contributed by atoms with Crippen LogP contribution in [-0.2, 0) is 16.1 Å². The largest absolute Gasteiger partial charge is 0.503 e. The van der Waals surface area contributed by atoms with Crippen LogP contribution in [0.25, 0.3) is 11.0 Å². The molecule has 4 aromatic rings. The number of Topliss-reactive ketones (excluding diaryl/α,β-unsaturated/α-hetero) is 1. The van der Waals surface area contributed by atoms with Gasteiger partial charge in [-0.2, -0.15) is 0 Å². The molecule has 0 saturated heterocycles. The normalized spacial score (nSPS) is 15.4. The highest BCUT2D eigenvalue weighted by Gasteiger charge is 2.44. The number of esters is 1. The second-order valence-electron chi connectivity index (χ2n) is 9.05. The molecular formula is C30H24ClNO6. The molecule has 0 spiro atoms. The van der Waals surface area contributed by atoms with Gasteiger partial charge in [-0.15, -0.1) is 0 Å². The van der Waals surface area contributed by atoms with Gasteiger partial charge in [0.15, 0.2) is 11.5 Å². The third kappa shape index (κ3) is 4.68. The minimum absolute atomic E-state index is 0.00471. The minimum atomic E-state index is -0.851. The van der Waals surface area contributed by atoms with Crippen molar-refractivity contribution in [1.29, 1.82) is 0 Å². The number of rotatable bonds is 7. The molecule has 0 saturated carbocycles. The molecule has 0 fully saturated rings. The Morgan fingerprint density at radius 3 is 2.53 bits per heavy atom. The van der Waals surface area contributed by atoms with E-state index in [9.17, 15) is 19.5 Å². The fourth-order valence-electron chi connectivity index (χ4n) is 4.65. The number of aliphatic hydroxyl groups excluding tert-OH is 1. The maximum absolute atomic E-state index is 13.7. The van der Waals surface area contributed by atoms with Crippen molar-refractivity contribution in [2.75, 3.05) is 6.61 Å². The first-order chi connectivity index (χ1) is 18.3. The smallest absolute Gasteiger partial charge is 0.338 e. The van der Waals surface area contributed by atoms with E-state index in [1.807, 2.05) is 31.2 Å². The van der Waals surface area contributed by atoms with Gasteiger partial charge in [-0.25, -0.2) is 4.79 Å². The third-order valence-corrected chi connectivity index (χ3v) is 6.66. The molecule has 1 aliphatic rings. The first-order valence-electron chi connectivity index (χ1n) is 12.1. The number of amides is 1. The Kier molecular flexibility index (Phi) is 6.78. The van der Waals surface area contributed by atoms with Crippen molar-refractivity contribution in [2.45, 2.75) is 26.4 Å². The van der Waals surface area contributed by atoms with Crippen molar-refractivity contribution >= 4 is 40.2 Å². The number of benzene rings is 3. The summed E-state index contributed by atoms with van der Waals surface area (Å²) in [5, 5.41) is 12.1. The highest BCUT2D eigenvalue weighted by Crippen LogP contribution is 2.41. The van der Waals surface area contributed by atoms with Gasteiger partial charge in [-0.1, -0.05) is 53.6 Å². The standard InChI is InChI=1S/C30H24ClNO6/c1-3-37-30(36)19-9-7-18(8-10-19)16-32-26(20-6-4-5-17(2)13-20)25(28(34)29(32)35)27(33)24-15-21-14-22(31)11-12-23(21)38-24/h4-15,26,34H,3,16H2,1-2H3. The van der Waals surface area contributed by atoms with Crippen LogP contribution in [0.4, 0.5) is 0 Å². The summed E-state index contributed by atoms with van der Waals surface area (Å²) in [5.74, 6) is -2.32. The predicted octanol–water partition coefficient (Wildman–Crippen LogP) is 6.35. The highest BCUT2D eigenvalue weighted by atomic mass is 35.5. The molecule has 0 bridgehead atoms. The second-order valence-corrected chi connectivity index (χ2v) is 9.49. The molecule has 2 heterocycles. The van der Waals surface area contributed by atoms with E-state index >= 15 is 0 Å². The number of carbonyl (C=O) groups excluding carboxylic acids is 3. The average Bonchev–Trinajstić information content (AvgIpc) is 3.43. The zero-order valence-electron chi connectivity index (χ0n) is 20.7. The molecule has 1 N–H and O–H groups in total. The van der Waals surface area contributed by atoms with Crippen LogP contribution in [0.2, 0.25) is 5.02 Å². The monoisotopic (exact) mass is 529 g/mol. The SMILES string of the molecule is CCOC(=O)c1ccc(CN2C(=O)C(O)=C(C(=O)c3cc4cc(Cl)ccc4o3)C2c2cccc(C)c2)cc1. The van der Waals surface area contributed by atoms with Crippen LogP contribution < -0.4 is 0 Å². The molecule has 192 valence electrons. The van der Waals surface area contributed by atoms with Gasteiger partial charge >= 0.3 is 5.97 Å². The van der Waals surface area contributed by atoms with E-state index in [0.29, 0.717) is 32.7 Å². The predicted molar refractivity (Wildman–Crippen MR) is 142 cm³/mol. The van der Waals surface area contributed by atoms with Crippen LogP contribution in [0.15, 0.2) is 88.5 Å². The summed E-state index contributed by atoms with van der Waals surface area (Å²) in [6.07, 6.45) is 0. The lowest BCUT2D eigenvalue weighted by Gasteiger charge is -2.27. The fraction of sp³-hybridized carbons (Fsp3) is 0.167. The first kappa shape index (κ1) is 25.3. The third-order valence-electron chi connectivity index (χ3n) is 6.43. The van der Waals surface area contributed by atoms with Crippen molar-refractivity contribution in [3.63, 3.8) is 0 Å². The number of nitrogens with zero attached hydrogens (tertiary/aromatic N) is 1. The van der Waals surface area contributed by atoms with E-state index in [2.05, 4.69) is 0 Å². The van der Waals surface area contributed by atoms with Crippen molar-refractivity contribution < 1.29 is 28.6 Å².